The van der Waals surface area contributed by atoms with Crippen molar-refractivity contribution in [3.8, 4) is 5.88 Å². The SMILES string of the molecule is CC1NNC(C)C1S(=O)(=O)N1CCC(COc2ccc(C3CC3)nn2)CC1. The Morgan fingerprint density at radius 1 is 1.07 bits per heavy atom. The topological polar surface area (TPSA) is 96.5 Å². The van der Waals surface area contributed by atoms with Gasteiger partial charge in [0.25, 0.3) is 0 Å². The first-order chi connectivity index (χ1) is 12.9. The summed E-state index contributed by atoms with van der Waals surface area (Å²) in [6, 6.07) is 3.70. The predicted octanol–water partition coefficient (Wildman–Crippen LogP) is 1.03. The van der Waals surface area contributed by atoms with Crippen LogP contribution in [0.3, 0.4) is 0 Å². The highest BCUT2D eigenvalue weighted by atomic mass is 32.2. The van der Waals surface area contributed by atoms with E-state index in [1.807, 2.05) is 26.0 Å². The lowest BCUT2D eigenvalue weighted by Crippen LogP contribution is -2.49. The Balaban J connectivity index is 1.27. The van der Waals surface area contributed by atoms with Crippen molar-refractivity contribution >= 4 is 10.0 Å². The number of hydrogen-bond donors (Lipinski definition) is 2. The lowest BCUT2D eigenvalue weighted by Gasteiger charge is -2.34. The van der Waals surface area contributed by atoms with E-state index in [1.54, 1.807) is 4.31 Å². The van der Waals surface area contributed by atoms with Crippen LogP contribution in [0.15, 0.2) is 12.1 Å². The summed E-state index contributed by atoms with van der Waals surface area (Å²) in [5, 5.41) is 7.96. The van der Waals surface area contributed by atoms with Gasteiger partial charge in [0, 0.05) is 37.2 Å². The summed E-state index contributed by atoms with van der Waals surface area (Å²) in [5.41, 5.74) is 7.13. The van der Waals surface area contributed by atoms with E-state index < -0.39 is 15.3 Å². The molecule has 0 spiro atoms. The molecule has 150 valence electrons. The maximum Gasteiger partial charge on any atom is 0.233 e. The Morgan fingerprint density at radius 3 is 2.30 bits per heavy atom. The zero-order valence-corrected chi connectivity index (χ0v) is 16.8. The Labute approximate surface area is 161 Å². The van der Waals surface area contributed by atoms with Gasteiger partial charge in [-0.05, 0) is 51.5 Å². The first-order valence-corrected chi connectivity index (χ1v) is 11.4. The third kappa shape index (κ3) is 4.11. The fourth-order valence-electron chi connectivity index (χ4n) is 4.09. The van der Waals surface area contributed by atoms with Gasteiger partial charge in [0.2, 0.25) is 15.9 Å². The summed E-state index contributed by atoms with van der Waals surface area (Å²) in [5.74, 6) is 1.49. The molecule has 1 aromatic rings. The second-order valence-corrected chi connectivity index (χ2v) is 10.2. The number of piperidine rings is 1. The molecule has 2 N–H and O–H groups in total. The van der Waals surface area contributed by atoms with Gasteiger partial charge >= 0.3 is 0 Å². The minimum absolute atomic E-state index is 0.0942. The van der Waals surface area contributed by atoms with E-state index in [1.165, 1.54) is 12.8 Å². The monoisotopic (exact) mass is 395 g/mol. The average Bonchev–Trinajstić information content (AvgIpc) is 3.45. The summed E-state index contributed by atoms with van der Waals surface area (Å²) >= 11 is 0. The minimum atomic E-state index is -3.31. The molecule has 0 aromatic carbocycles. The van der Waals surface area contributed by atoms with Crippen LogP contribution in [0.5, 0.6) is 5.88 Å². The number of sulfonamides is 1. The summed E-state index contributed by atoms with van der Waals surface area (Å²) < 4.78 is 33.4. The van der Waals surface area contributed by atoms with Gasteiger partial charge in [-0.3, -0.25) is 10.9 Å². The van der Waals surface area contributed by atoms with Crippen LogP contribution in [0.1, 0.15) is 51.1 Å². The molecule has 2 aliphatic heterocycles. The zero-order valence-electron chi connectivity index (χ0n) is 16.0. The quantitative estimate of drug-likeness (QED) is 0.742. The molecule has 1 saturated carbocycles. The molecule has 0 radical (unpaired) electrons. The summed E-state index contributed by atoms with van der Waals surface area (Å²) in [4.78, 5) is 0. The fourth-order valence-corrected chi connectivity index (χ4v) is 6.32. The van der Waals surface area contributed by atoms with Crippen molar-refractivity contribution in [2.24, 2.45) is 5.92 Å². The van der Waals surface area contributed by atoms with Crippen molar-refractivity contribution in [1.82, 2.24) is 25.4 Å². The molecule has 2 saturated heterocycles. The van der Waals surface area contributed by atoms with E-state index in [2.05, 4.69) is 21.0 Å². The van der Waals surface area contributed by atoms with Crippen molar-refractivity contribution in [2.75, 3.05) is 19.7 Å². The Bertz CT molecular complexity index is 735. The Kier molecular flexibility index (Phi) is 5.37. The summed E-state index contributed by atoms with van der Waals surface area (Å²) in [7, 11) is -3.31. The maximum absolute atomic E-state index is 13.0. The molecule has 27 heavy (non-hydrogen) atoms. The highest BCUT2D eigenvalue weighted by Gasteiger charge is 2.44. The van der Waals surface area contributed by atoms with Crippen molar-refractivity contribution in [2.45, 2.75) is 62.8 Å². The van der Waals surface area contributed by atoms with Crippen molar-refractivity contribution in [3.05, 3.63) is 17.8 Å². The molecule has 2 atom stereocenters. The van der Waals surface area contributed by atoms with Gasteiger partial charge in [0.15, 0.2) is 0 Å². The number of aromatic nitrogens is 2. The second kappa shape index (κ2) is 7.62. The molecule has 4 rings (SSSR count). The molecule has 3 aliphatic rings. The van der Waals surface area contributed by atoms with Crippen LogP contribution < -0.4 is 15.6 Å². The Hall–Kier alpha value is -1.29. The first kappa shape index (κ1) is 19.0. The standard InChI is InChI=1S/C18H29N5O3S/c1-12-18(13(2)20-19-12)27(24,25)23-9-7-14(8-10-23)11-26-17-6-5-16(21-22-17)15-3-4-15/h5-6,12-15,18-20H,3-4,7-11H2,1-2H3. The molecular weight excluding hydrogens is 366 g/mol. The van der Waals surface area contributed by atoms with Crippen LogP contribution >= 0.6 is 0 Å². The molecular formula is C18H29N5O3S. The fraction of sp³-hybridized carbons (Fsp3) is 0.778. The number of ether oxygens (including phenoxy) is 1. The smallest absolute Gasteiger partial charge is 0.233 e. The number of nitrogens with zero attached hydrogens (tertiary/aromatic N) is 3. The molecule has 0 bridgehead atoms. The normalized spacial score (nSPS) is 30.5. The molecule has 3 fully saturated rings. The number of nitrogens with one attached hydrogen (secondary N) is 2. The molecule has 2 unspecified atom stereocenters. The number of hydrazine groups is 1. The average molecular weight is 396 g/mol. The highest BCUT2D eigenvalue weighted by molar-refractivity contribution is 7.89. The molecule has 9 heteroatoms. The maximum atomic E-state index is 13.0. The molecule has 1 aromatic heterocycles. The predicted molar refractivity (Wildman–Crippen MR) is 102 cm³/mol. The largest absolute Gasteiger partial charge is 0.476 e. The van der Waals surface area contributed by atoms with E-state index in [4.69, 9.17) is 4.74 Å². The van der Waals surface area contributed by atoms with Crippen molar-refractivity contribution < 1.29 is 13.2 Å². The van der Waals surface area contributed by atoms with Crippen molar-refractivity contribution in [1.29, 1.82) is 0 Å². The minimum Gasteiger partial charge on any atom is -0.476 e. The third-order valence-corrected chi connectivity index (χ3v) is 8.51. The van der Waals surface area contributed by atoms with Gasteiger partial charge in [-0.25, -0.2) is 12.7 Å². The van der Waals surface area contributed by atoms with Crippen LogP contribution in [0.2, 0.25) is 0 Å². The van der Waals surface area contributed by atoms with Gasteiger partial charge in [0.1, 0.15) is 5.25 Å². The lowest BCUT2D eigenvalue weighted by atomic mass is 9.99. The van der Waals surface area contributed by atoms with Gasteiger partial charge < -0.3 is 4.74 Å². The van der Waals surface area contributed by atoms with Gasteiger partial charge in [-0.2, -0.15) is 5.10 Å². The van der Waals surface area contributed by atoms with Crippen LogP contribution in [-0.2, 0) is 10.0 Å². The molecule has 3 heterocycles. The van der Waals surface area contributed by atoms with Gasteiger partial charge in [0.05, 0.1) is 12.3 Å². The van der Waals surface area contributed by atoms with Crippen LogP contribution in [0, 0.1) is 5.92 Å². The van der Waals surface area contributed by atoms with Crippen LogP contribution in [0.25, 0.3) is 0 Å². The lowest BCUT2D eigenvalue weighted by molar-refractivity contribution is 0.179. The summed E-state index contributed by atoms with van der Waals surface area (Å²) in [6.07, 6.45) is 4.04. The Morgan fingerprint density at radius 2 is 1.74 bits per heavy atom. The van der Waals surface area contributed by atoms with E-state index in [0.717, 1.165) is 18.5 Å². The van der Waals surface area contributed by atoms with E-state index in [-0.39, 0.29) is 12.1 Å². The van der Waals surface area contributed by atoms with E-state index >= 15 is 0 Å². The van der Waals surface area contributed by atoms with Gasteiger partial charge in [-0.1, -0.05) is 0 Å². The van der Waals surface area contributed by atoms with Gasteiger partial charge in [-0.15, -0.1) is 5.10 Å². The number of hydrogen-bond acceptors (Lipinski definition) is 7. The van der Waals surface area contributed by atoms with Crippen LogP contribution in [0.4, 0.5) is 0 Å². The zero-order chi connectivity index (χ0) is 19.0. The van der Waals surface area contributed by atoms with Crippen molar-refractivity contribution in [3.63, 3.8) is 0 Å². The highest BCUT2D eigenvalue weighted by Crippen LogP contribution is 2.38. The first-order valence-electron chi connectivity index (χ1n) is 9.91. The van der Waals surface area contributed by atoms with Crippen LogP contribution in [-0.4, -0.2) is 60.0 Å². The second-order valence-electron chi connectivity index (χ2n) is 8.10. The molecule has 1 aliphatic carbocycles. The summed E-state index contributed by atoms with van der Waals surface area (Å²) in [6.45, 7) is 5.49. The van der Waals surface area contributed by atoms with E-state index in [9.17, 15) is 8.42 Å². The number of rotatable bonds is 6. The third-order valence-electron chi connectivity index (χ3n) is 5.92. The molecule has 8 nitrogen and oxygen atoms in total. The van der Waals surface area contributed by atoms with E-state index in [0.29, 0.717) is 37.4 Å². The molecule has 0 amide bonds.